The van der Waals surface area contributed by atoms with Crippen molar-refractivity contribution in [2.45, 2.75) is 39.8 Å². The Morgan fingerprint density at radius 1 is 1.28 bits per heavy atom. The van der Waals surface area contributed by atoms with Crippen LogP contribution in [0.5, 0.6) is 0 Å². The molecule has 3 heteroatoms. The molecular weight excluding hydrogens is 226 g/mol. The number of carbonyl (C=O) groups is 1. The van der Waals surface area contributed by atoms with Gasteiger partial charge in [-0.05, 0) is 33.3 Å². The van der Waals surface area contributed by atoms with Crippen LogP contribution in [0.3, 0.4) is 0 Å². The molecule has 1 aromatic carbocycles. The molecule has 18 heavy (non-hydrogen) atoms. The number of rotatable bonds is 3. The van der Waals surface area contributed by atoms with Gasteiger partial charge in [0.05, 0.1) is 6.54 Å². The second kappa shape index (κ2) is 6.24. The molecule has 0 spiro atoms. The van der Waals surface area contributed by atoms with Crippen LogP contribution in [0, 0.1) is 0 Å². The second-order valence-electron chi connectivity index (χ2n) is 5.08. The summed E-state index contributed by atoms with van der Waals surface area (Å²) in [5, 5.41) is 0. The molecule has 0 fully saturated rings. The highest BCUT2D eigenvalue weighted by Crippen LogP contribution is 2.13. The van der Waals surface area contributed by atoms with Crippen LogP contribution in [0.4, 0.5) is 4.79 Å². The van der Waals surface area contributed by atoms with Gasteiger partial charge >= 0.3 is 6.09 Å². The maximum atomic E-state index is 12.0. The first kappa shape index (κ1) is 14.3. The third-order valence-corrected chi connectivity index (χ3v) is 2.15. The van der Waals surface area contributed by atoms with E-state index >= 15 is 0 Å². The SMILES string of the molecule is C/C=C/N(Cc1ccccc1)C(=O)OC(C)(C)C. The fourth-order valence-electron chi connectivity index (χ4n) is 1.46. The lowest BCUT2D eigenvalue weighted by Crippen LogP contribution is -2.33. The highest BCUT2D eigenvalue weighted by molar-refractivity contribution is 5.69. The Hall–Kier alpha value is -1.77. The van der Waals surface area contributed by atoms with Crippen LogP contribution in [0.15, 0.2) is 42.6 Å². The number of carbonyl (C=O) groups excluding carboxylic acids is 1. The average molecular weight is 247 g/mol. The molecule has 98 valence electrons. The van der Waals surface area contributed by atoms with Crippen molar-refractivity contribution in [3.63, 3.8) is 0 Å². The van der Waals surface area contributed by atoms with Crippen LogP contribution in [0.2, 0.25) is 0 Å². The van der Waals surface area contributed by atoms with Crippen molar-refractivity contribution in [2.24, 2.45) is 0 Å². The van der Waals surface area contributed by atoms with Gasteiger partial charge in [0, 0.05) is 6.20 Å². The van der Waals surface area contributed by atoms with Gasteiger partial charge in [-0.2, -0.15) is 0 Å². The maximum absolute atomic E-state index is 12.0. The largest absolute Gasteiger partial charge is 0.443 e. The number of amides is 1. The topological polar surface area (TPSA) is 29.5 Å². The van der Waals surface area contributed by atoms with Crippen LogP contribution in [0.25, 0.3) is 0 Å². The number of allylic oxidation sites excluding steroid dienone is 1. The minimum absolute atomic E-state index is 0.329. The highest BCUT2D eigenvalue weighted by atomic mass is 16.6. The third-order valence-electron chi connectivity index (χ3n) is 2.15. The molecule has 0 aliphatic rings. The predicted octanol–water partition coefficient (Wildman–Crippen LogP) is 3.96. The number of ether oxygens (including phenoxy) is 1. The first-order valence-electron chi connectivity index (χ1n) is 6.09. The molecule has 1 rings (SSSR count). The molecule has 0 bridgehead atoms. The van der Waals surface area contributed by atoms with E-state index in [1.165, 1.54) is 0 Å². The monoisotopic (exact) mass is 247 g/mol. The summed E-state index contributed by atoms with van der Waals surface area (Å²) < 4.78 is 5.36. The van der Waals surface area contributed by atoms with Crippen LogP contribution in [-0.4, -0.2) is 16.6 Å². The van der Waals surface area contributed by atoms with Gasteiger partial charge < -0.3 is 4.74 Å². The summed E-state index contributed by atoms with van der Waals surface area (Å²) in [7, 11) is 0. The van der Waals surface area contributed by atoms with E-state index in [2.05, 4.69) is 0 Å². The van der Waals surface area contributed by atoms with Crippen molar-refractivity contribution in [2.75, 3.05) is 0 Å². The molecule has 0 saturated heterocycles. The van der Waals surface area contributed by atoms with Crippen molar-refractivity contribution in [3.8, 4) is 0 Å². The van der Waals surface area contributed by atoms with Gasteiger partial charge in [-0.25, -0.2) is 4.79 Å². The Morgan fingerprint density at radius 3 is 2.39 bits per heavy atom. The van der Waals surface area contributed by atoms with E-state index in [1.54, 1.807) is 11.1 Å². The van der Waals surface area contributed by atoms with E-state index in [-0.39, 0.29) is 6.09 Å². The van der Waals surface area contributed by atoms with Crippen molar-refractivity contribution in [1.29, 1.82) is 0 Å². The van der Waals surface area contributed by atoms with Gasteiger partial charge in [-0.3, -0.25) is 4.90 Å². The van der Waals surface area contributed by atoms with Crippen molar-refractivity contribution in [1.82, 2.24) is 4.90 Å². The van der Waals surface area contributed by atoms with Crippen LogP contribution >= 0.6 is 0 Å². The van der Waals surface area contributed by atoms with Gasteiger partial charge in [0.15, 0.2) is 0 Å². The normalized spacial score (nSPS) is 11.6. The van der Waals surface area contributed by atoms with Crippen molar-refractivity contribution >= 4 is 6.09 Å². The van der Waals surface area contributed by atoms with Gasteiger partial charge in [0.2, 0.25) is 0 Å². The standard InChI is InChI=1S/C15H21NO2/c1-5-11-16(14(17)18-15(2,3)4)12-13-9-7-6-8-10-13/h5-11H,12H2,1-4H3/b11-5+. The van der Waals surface area contributed by atoms with Crippen LogP contribution in [0.1, 0.15) is 33.3 Å². The Kier molecular flexibility index (Phi) is 4.95. The molecule has 0 saturated carbocycles. The van der Waals surface area contributed by atoms with E-state index in [0.717, 1.165) is 5.56 Å². The molecule has 1 amide bonds. The molecule has 1 aromatic rings. The zero-order valence-electron chi connectivity index (χ0n) is 11.5. The number of hydrogen-bond acceptors (Lipinski definition) is 2. The lowest BCUT2D eigenvalue weighted by Gasteiger charge is -2.25. The number of benzene rings is 1. The van der Waals surface area contributed by atoms with E-state index in [0.29, 0.717) is 6.54 Å². The summed E-state index contributed by atoms with van der Waals surface area (Å²) in [6.45, 7) is 7.98. The first-order valence-corrected chi connectivity index (χ1v) is 6.09. The fourth-order valence-corrected chi connectivity index (χ4v) is 1.46. The molecule has 0 aromatic heterocycles. The van der Waals surface area contributed by atoms with Gasteiger partial charge in [0.25, 0.3) is 0 Å². The summed E-state index contributed by atoms with van der Waals surface area (Å²) in [5.74, 6) is 0. The molecule has 0 N–H and O–H groups in total. The van der Waals surface area contributed by atoms with E-state index in [9.17, 15) is 4.79 Å². The Bertz CT molecular complexity index is 404. The van der Waals surface area contributed by atoms with Crippen LogP contribution in [-0.2, 0) is 11.3 Å². The summed E-state index contributed by atoms with van der Waals surface area (Å²) in [6, 6.07) is 9.84. The summed E-state index contributed by atoms with van der Waals surface area (Å²) >= 11 is 0. The highest BCUT2D eigenvalue weighted by Gasteiger charge is 2.20. The quantitative estimate of drug-likeness (QED) is 0.809. The molecule has 0 aliphatic heterocycles. The minimum Gasteiger partial charge on any atom is -0.443 e. The minimum atomic E-state index is -0.479. The summed E-state index contributed by atoms with van der Waals surface area (Å²) in [6.07, 6.45) is 3.23. The zero-order chi connectivity index (χ0) is 13.6. The Balaban J connectivity index is 2.74. The second-order valence-corrected chi connectivity index (χ2v) is 5.08. The predicted molar refractivity (Wildman–Crippen MR) is 73.0 cm³/mol. The molecule has 0 aliphatic carbocycles. The summed E-state index contributed by atoms with van der Waals surface area (Å²) in [5.41, 5.74) is 0.592. The van der Waals surface area contributed by atoms with Crippen molar-refractivity contribution in [3.05, 3.63) is 48.2 Å². The lowest BCUT2D eigenvalue weighted by molar-refractivity contribution is 0.0323. The van der Waals surface area contributed by atoms with E-state index in [4.69, 9.17) is 4.74 Å². The lowest BCUT2D eigenvalue weighted by atomic mass is 10.2. The molecule has 0 heterocycles. The van der Waals surface area contributed by atoms with Crippen molar-refractivity contribution < 1.29 is 9.53 Å². The Labute approximate surface area is 109 Å². The fraction of sp³-hybridized carbons (Fsp3) is 0.400. The first-order chi connectivity index (χ1) is 8.42. The number of nitrogens with zero attached hydrogens (tertiary/aromatic N) is 1. The van der Waals surface area contributed by atoms with E-state index in [1.807, 2.05) is 64.1 Å². The van der Waals surface area contributed by atoms with Gasteiger partial charge in [0.1, 0.15) is 5.60 Å². The van der Waals surface area contributed by atoms with E-state index < -0.39 is 5.60 Å². The maximum Gasteiger partial charge on any atom is 0.414 e. The molecule has 3 nitrogen and oxygen atoms in total. The van der Waals surface area contributed by atoms with Gasteiger partial charge in [-0.1, -0.05) is 36.4 Å². The Morgan fingerprint density at radius 2 is 1.89 bits per heavy atom. The average Bonchev–Trinajstić information content (AvgIpc) is 2.27. The van der Waals surface area contributed by atoms with Gasteiger partial charge in [-0.15, -0.1) is 0 Å². The zero-order valence-corrected chi connectivity index (χ0v) is 11.5. The third kappa shape index (κ3) is 5.04. The van der Waals surface area contributed by atoms with Crippen LogP contribution < -0.4 is 0 Å². The molecule has 0 radical (unpaired) electrons. The molecular formula is C15H21NO2. The molecule has 0 atom stereocenters. The smallest absolute Gasteiger partial charge is 0.414 e. The molecule has 0 unspecified atom stereocenters. The number of hydrogen-bond donors (Lipinski definition) is 0. The summed E-state index contributed by atoms with van der Waals surface area (Å²) in [4.78, 5) is 13.6.